The number of rotatable bonds is 10. The molecule has 0 unspecified atom stereocenters. The quantitative estimate of drug-likeness (QED) is 0.646. The highest BCUT2D eigenvalue weighted by atomic mass is 16.5. The van der Waals surface area contributed by atoms with E-state index < -0.39 is 0 Å². The molecule has 5 heteroatoms. The Morgan fingerprint density at radius 1 is 1.29 bits per heavy atom. The van der Waals surface area contributed by atoms with Gasteiger partial charge in [-0.25, -0.2) is 0 Å². The first kappa shape index (κ1) is 17.6. The highest BCUT2D eigenvalue weighted by Crippen LogP contribution is 2.14. The molecule has 118 valence electrons. The predicted molar refractivity (Wildman–Crippen MR) is 86.2 cm³/mol. The number of ether oxygens (including phenoxy) is 1. The molecule has 1 amide bonds. The molecule has 0 aliphatic heterocycles. The van der Waals surface area contributed by atoms with Crippen LogP contribution in [-0.4, -0.2) is 44.7 Å². The molecule has 21 heavy (non-hydrogen) atoms. The van der Waals surface area contributed by atoms with Crippen molar-refractivity contribution in [3.8, 4) is 0 Å². The van der Waals surface area contributed by atoms with Crippen molar-refractivity contribution in [1.29, 1.82) is 0 Å². The van der Waals surface area contributed by atoms with Crippen LogP contribution >= 0.6 is 0 Å². The molecule has 0 fully saturated rings. The summed E-state index contributed by atoms with van der Waals surface area (Å²) in [5.41, 5.74) is 7.43. The highest BCUT2D eigenvalue weighted by molar-refractivity contribution is 5.91. The third-order valence-corrected chi connectivity index (χ3v) is 3.34. The van der Waals surface area contributed by atoms with Crippen LogP contribution in [0.5, 0.6) is 0 Å². The molecule has 0 spiro atoms. The molecule has 3 N–H and O–H groups in total. The molecular formula is C16H27N3O2. The van der Waals surface area contributed by atoms with E-state index >= 15 is 0 Å². The van der Waals surface area contributed by atoms with Crippen molar-refractivity contribution in [1.82, 2.24) is 4.90 Å². The fraction of sp³-hybridized carbons (Fsp3) is 0.562. The summed E-state index contributed by atoms with van der Waals surface area (Å²) in [7, 11) is 3.78. The molecular weight excluding hydrogens is 266 g/mol. The lowest BCUT2D eigenvalue weighted by atomic mass is 10.1. The molecule has 0 radical (unpaired) electrons. The molecule has 0 saturated carbocycles. The van der Waals surface area contributed by atoms with E-state index in [1.54, 1.807) is 7.11 Å². The Balaban J connectivity index is 2.25. The normalized spacial score (nSPS) is 10.9. The molecule has 0 aliphatic rings. The van der Waals surface area contributed by atoms with Gasteiger partial charge in [0.1, 0.15) is 0 Å². The average molecular weight is 293 g/mol. The van der Waals surface area contributed by atoms with Crippen molar-refractivity contribution in [2.75, 3.05) is 39.2 Å². The molecule has 0 heterocycles. The van der Waals surface area contributed by atoms with Gasteiger partial charge in [-0.1, -0.05) is 18.2 Å². The Kier molecular flexibility index (Phi) is 8.66. The van der Waals surface area contributed by atoms with Crippen LogP contribution in [0.1, 0.15) is 24.8 Å². The summed E-state index contributed by atoms with van der Waals surface area (Å²) in [6, 6.07) is 7.64. The molecule has 1 aromatic carbocycles. The highest BCUT2D eigenvalue weighted by Gasteiger charge is 2.06. The molecule has 0 bridgehead atoms. The van der Waals surface area contributed by atoms with Crippen LogP contribution in [0.25, 0.3) is 0 Å². The van der Waals surface area contributed by atoms with Crippen LogP contribution in [0, 0.1) is 0 Å². The fourth-order valence-corrected chi connectivity index (χ4v) is 2.13. The van der Waals surface area contributed by atoms with Gasteiger partial charge in [0.05, 0.1) is 0 Å². The van der Waals surface area contributed by atoms with E-state index in [-0.39, 0.29) is 5.91 Å². The van der Waals surface area contributed by atoms with Gasteiger partial charge in [0.25, 0.3) is 0 Å². The van der Waals surface area contributed by atoms with E-state index in [1.807, 2.05) is 24.3 Å². The van der Waals surface area contributed by atoms with Gasteiger partial charge in [-0.15, -0.1) is 0 Å². The number of carbonyl (C=O) groups is 1. The summed E-state index contributed by atoms with van der Waals surface area (Å²) in [5.74, 6) is 0.0428. The topological polar surface area (TPSA) is 67.6 Å². The standard InChI is InChI=1S/C16H27N3O2/c1-19(11-6-12-21-2)10-5-9-16(20)18-15-8-4-3-7-14(15)13-17/h3-4,7-8H,5-6,9-13,17H2,1-2H3,(H,18,20). The van der Waals surface area contributed by atoms with Crippen LogP contribution in [-0.2, 0) is 16.1 Å². The zero-order valence-corrected chi connectivity index (χ0v) is 13.1. The van der Waals surface area contributed by atoms with Crippen molar-refractivity contribution >= 4 is 11.6 Å². The smallest absolute Gasteiger partial charge is 0.224 e. The maximum Gasteiger partial charge on any atom is 0.224 e. The number of anilines is 1. The van der Waals surface area contributed by atoms with Crippen molar-refractivity contribution in [2.45, 2.75) is 25.8 Å². The van der Waals surface area contributed by atoms with Crippen molar-refractivity contribution in [3.05, 3.63) is 29.8 Å². The summed E-state index contributed by atoms with van der Waals surface area (Å²) >= 11 is 0. The molecule has 0 aliphatic carbocycles. The minimum absolute atomic E-state index is 0.0428. The number of nitrogens with one attached hydrogen (secondary N) is 1. The van der Waals surface area contributed by atoms with Gasteiger partial charge in [0.2, 0.25) is 5.91 Å². The van der Waals surface area contributed by atoms with Gasteiger partial charge in [-0.2, -0.15) is 0 Å². The number of carbonyl (C=O) groups excluding carboxylic acids is 1. The molecule has 0 atom stereocenters. The number of nitrogens with two attached hydrogens (primary N) is 1. The minimum atomic E-state index is 0.0428. The van der Waals surface area contributed by atoms with Gasteiger partial charge in [-0.3, -0.25) is 4.79 Å². The van der Waals surface area contributed by atoms with E-state index in [0.29, 0.717) is 13.0 Å². The van der Waals surface area contributed by atoms with Gasteiger partial charge in [-0.05, 0) is 38.1 Å². The zero-order chi connectivity index (χ0) is 15.5. The Labute approximate surface area is 127 Å². The second kappa shape index (κ2) is 10.3. The van der Waals surface area contributed by atoms with Gasteiger partial charge >= 0.3 is 0 Å². The second-order valence-electron chi connectivity index (χ2n) is 5.16. The van der Waals surface area contributed by atoms with E-state index in [2.05, 4.69) is 17.3 Å². The molecule has 0 saturated heterocycles. The van der Waals surface area contributed by atoms with Gasteiger partial charge in [0.15, 0.2) is 0 Å². The number of amides is 1. The first-order valence-corrected chi connectivity index (χ1v) is 7.42. The van der Waals surface area contributed by atoms with E-state index in [1.165, 1.54) is 0 Å². The maximum absolute atomic E-state index is 11.9. The van der Waals surface area contributed by atoms with Crippen molar-refractivity contribution < 1.29 is 9.53 Å². The lowest BCUT2D eigenvalue weighted by molar-refractivity contribution is -0.116. The number of benzene rings is 1. The van der Waals surface area contributed by atoms with Gasteiger partial charge < -0.3 is 20.7 Å². The second-order valence-corrected chi connectivity index (χ2v) is 5.16. The van der Waals surface area contributed by atoms with Crippen LogP contribution in [0.2, 0.25) is 0 Å². The third-order valence-electron chi connectivity index (χ3n) is 3.34. The number of methoxy groups -OCH3 is 1. The van der Waals surface area contributed by atoms with Crippen LogP contribution in [0.15, 0.2) is 24.3 Å². The first-order valence-electron chi connectivity index (χ1n) is 7.42. The number of nitrogens with zero attached hydrogens (tertiary/aromatic N) is 1. The summed E-state index contributed by atoms with van der Waals surface area (Å²) in [6.07, 6.45) is 2.39. The Morgan fingerprint density at radius 3 is 2.71 bits per heavy atom. The molecule has 0 aromatic heterocycles. The Hall–Kier alpha value is -1.43. The first-order chi connectivity index (χ1) is 10.2. The molecule has 1 aromatic rings. The molecule has 5 nitrogen and oxygen atoms in total. The summed E-state index contributed by atoms with van der Waals surface area (Å²) in [5, 5.41) is 2.93. The monoisotopic (exact) mass is 293 g/mol. The van der Waals surface area contributed by atoms with E-state index in [9.17, 15) is 4.79 Å². The Morgan fingerprint density at radius 2 is 2.00 bits per heavy atom. The summed E-state index contributed by atoms with van der Waals surface area (Å²) < 4.78 is 5.02. The van der Waals surface area contributed by atoms with Gasteiger partial charge in [0, 0.05) is 38.9 Å². The SMILES string of the molecule is COCCCN(C)CCCC(=O)Nc1ccccc1CN. The fourth-order valence-electron chi connectivity index (χ4n) is 2.13. The average Bonchev–Trinajstić information content (AvgIpc) is 2.48. The number of hydrogen-bond acceptors (Lipinski definition) is 4. The summed E-state index contributed by atoms with van der Waals surface area (Å²) in [4.78, 5) is 14.2. The maximum atomic E-state index is 11.9. The lowest BCUT2D eigenvalue weighted by Gasteiger charge is -2.16. The minimum Gasteiger partial charge on any atom is -0.385 e. The third kappa shape index (κ3) is 7.22. The molecule has 1 rings (SSSR count). The van der Waals surface area contributed by atoms with E-state index in [4.69, 9.17) is 10.5 Å². The largest absolute Gasteiger partial charge is 0.385 e. The van der Waals surface area contributed by atoms with Crippen molar-refractivity contribution in [3.63, 3.8) is 0 Å². The van der Waals surface area contributed by atoms with Crippen molar-refractivity contribution in [2.24, 2.45) is 5.73 Å². The zero-order valence-electron chi connectivity index (χ0n) is 13.1. The Bertz CT molecular complexity index is 424. The number of para-hydroxylation sites is 1. The van der Waals surface area contributed by atoms with Crippen LogP contribution < -0.4 is 11.1 Å². The lowest BCUT2D eigenvalue weighted by Crippen LogP contribution is -2.23. The van der Waals surface area contributed by atoms with Crippen LogP contribution in [0.4, 0.5) is 5.69 Å². The summed E-state index contributed by atoms with van der Waals surface area (Å²) in [6.45, 7) is 3.11. The number of hydrogen-bond donors (Lipinski definition) is 2. The van der Waals surface area contributed by atoms with Crippen LogP contribution in [0.3, 0.4) is 0 Å². The predicted octanol–water partition coefficient (Wildman–Crippen LogP) is 1.83. The van der Waals surface area contributed by atoms with E-state index in [0.717, 1.165) is 43.8 Å².